The van der Waals surface area contributed by atoms with Crippen LogP contribution in [0.3, 0.4) is 0 Å². The molecule has 0 amide bonds. The summed E-state index contributed by atoms with van der Waals surface area (Å²) >= 11 is 1.52. The summed E-state index contributed by atoms with van der Waals surface area (Å²) in [6.45, 7) is 0. The third kappa shape index (κ3) is 4.36. The molecule has 0 aliphatic heterocycles. The van der Waals surface area contributed by atoms with Crippen LogP contribution >= 0.6 is 11.3 Å². The molecule has 1 aliphatic rings. The molecule has 2 N–H and O–H groups in total. The van der Waals surface area contributed by atoms with E-state index in [0.29, 0.717) is 16.1 Å². The minimum atomic E-state index is -0.980. The van der Waals surface area contributed by atoms with Crippen molar-refractivity contribution in [3.63, 3.8) is 0 Å². The van der Waals surface area contributed by atoms with Crippen molar-refractivity contribution in [2.45, 2.75) is 31.7 Å². The van der Waals surface area contributed by atoms with Gasteiger partial charge in [0.25, 0.3) is 0 Å². The molecule has 0 saturated heterocycles. The Hall–Kier alpha value is -3.18. The molecular weight excluding hydrogens is 394 g/mol. The molecule has 30 heavy (non-hydrogen) atoms. The fraction of sp³-hybridized carbons (Fsp3) is 0.200. The van der Waals surface area contributed by atoms with Crippen molar-refractivity contribution >= 4 is 34.2 Å². The van der Waals surface area contributed by atoms with Gasteiger partial charge < -0.3 is 10.4 Å². The number of carboxylic acids is 1. The van der Waals surface area contributed by atoms with Crippen LogP contribution in [0.15, 0.2) is 66.7 Å². The monoisotopic (exact) mass is 417 g/mol. The molecule has 0 radical (unpaired) electrons. The average Bonchev–Trinajstić information content (AvgIpc) is 3.15. The second-order valence-electron chi connectivity index (χ2n) is 7.34. The fourth-order valence-electron chi connectivity index (χ4n) is 3.75. The van der Waals surface area contributed by atoms with Gasteiger partial charge in [0.2, 0.25) is 0 Å². The molecule has 4 nitrogen and oxygen atoms in total. The minimum absolute atomic E-state index is 0.0475. The second-order valence-corrected chi connectivity index (χ2v) is 8.45. The number of rotatable bonds is 7. The Labute approximate surface area is 179 Å². The number of fused-ring (bicyclic) bond motifs is 1. The van der Waals surface area contributed by atoms with Crippen molar-refractivity contribution in [3.05, 3.63) is 93.9 Å². The molecule has 152 valence electrons. The summed E-state index contributed by atoms with van der Waals surface area (Å²) in [6, 6.07) is 17.9. The van der Waals surface area contributed by atoms with E-state index in [-0.39, 0.29) is 5.78 Å². The number of carbonyl (C=O) groups is 2. The molecule has 1 aliphatic carbocycles. The van der Waals surface area contributed by atoms with E-state index in [4.69, 9.17) is 0 Å². The van der Waals surface area contributed by atoms with Crippen molar-refractivity contribution < 1.29 is 14.7 Å². The summed E-state index contributed by atoms with van der Waals surface area (Å²) in [7, 11) is 0. The van der Waals surface area contributed by atoms with Gasteiger partial charge in [0.15, 0.2) is 5.78 Å². The van der Waals surface area contributed by atoms with Crippen LogP contribution in [0.2, 0.25) is 0 Å². The van der Waals surface area contributed by atoms with Gasteiger partial charge in [-0.15, -0.1) is 11.3 Å². The van der Waals surface area contributed by atoms with Crippen LogP contribution in [0.25, 0.3) is 6.08 Å². The highest BCUT2D eigenvalue weighted by molar-refractivity contribution is 7.16. The zero-order chi connectivity index (χ0) is 20.9. The Morgan fingerprint density at radius 2 is 1.63 bits per heavy atom. The first kappa shape index (κ1) is 20.1. The lowest BCUT2D eigenvalue weighted by molar-refractivity contribution is -0.136. The molecule has 3 aromatic rings. The quantitative estimate of drug-likeness (QED) is 0.503. The van der Waals surface area contributed by atoms with Crippen LogP contribution in [0.5, 0.6) is 0 Å². The van der Waals surface area contributed by atoms with Gasteiger partial charge in [-0.3, -0.25) is 4.79 Å². The lowest BCUT2D eigenvalue weighted by atomic mass is 9.92. The molecule has 1 heterocycles. The fourth-order valence-corrected chi connectivity index (χ4v) is 5.07. The lowest BCUT2D eigenvalue weighted by Crippen LogP contribution is -2.27. The van der Waals surface area contributed by atoms with E-state index < -0.39 is 12.0 Å². The third-order valence-electron chi connectivity index (χ3n) is 5.27. The topological polar surface area (TPSA) is 66.4 Å². The van der Waals surface area contributed by atoms with Gasteiger partial charge in [-0.2, -0.15) is 0 Å². The zero-order valence-electron chi connectivity index (χ0n) is 16.5. The maximum atomic E-state index is 13.3. The minimum Gasteiger partial charge on any atom is -0.479 e. The van der Waals surface area contributed by atoms with E-state index in [0.717, 1.165) is 36.8 Å². The van der Waals surface area contributed by atoms with Crippen LogP contribution in [-0.2, 0) is 17.6 Å². The van der Waals surface area contributed by atoms with E-state index in [1.807, 2.05) is 60.7 Å². The normalized spacial score (nSPS) is 14.3. The van der Waals surface area contributed by atoms with Crippen molar-refractivity contribution in [1.82, 2.24) is 0 Å². The Morgan fingerprint density at radius 1 is 0.967 bits per heavy atom. The Kier molecular flexibility index (Phi) is 6.10. The number of anilines is 1. The van der Waals surface area contributed by atoms with Crippen LogP contribution in [-0.4, -0.2) is 22.9 Å². The first-order chi connectivity index (χ1) is 14.6. The van der Waals surface area contributed by atoms with E-state index in [1.165, 1.54) is 16.2 Å². The summed E-state index contributed by atoms with van der Waals surface area (Å²) in [5.74, 6) is -1.03. The molecule has 0 bridgehead atoms. The summed E-state index contributed by atoms with van der Waals surface area (Å²) in [4.78, 5) is 26.5. The zero-order valence-corrected chi connectivity index (χ0v) is 17.3. The Bertz CT molecular complexity index is 1070. The van der Waals surface area contributed by atoms with Crippen LogP contribution in [0, 0.1) is 0 Å². The molecule has 0 spiro atoms. The summed E-state index contributed by atoms with van der Waals surface area (Å²) in [5.41, 5.74) is 3.27. The molecule has 0 fully saturated rings. The molecule has 2 aromatic carbocycles. The molecule has 5 heteroatoms. The van der Waals surface area contributed by atoms with E-state index in [1.54, 1.807) is 12.2 Å². The van der Waals surface area contributed by atoms with E-state index in [9.17, 15) is 14.7 Å². The summed E-state index contributed by atoms with van der Waals surface area (Å²) < 4.78 is 0. The maximum Gasteiger partial charge on any atom is 0.330 e. The number of ketones is 1. The summed E-state index contributed by atoms with van der Waals surface area (Å²) in [6.07, 6.45) is 7.37. The van der Waals surface area contributed by atoms with Crippen molar-refractivity contribution in [3.8, 4) is 0 Å². The van der Waals surface area contributed by atoms with Crippen molar-refractivity contribution in [1.29, 1.82) is 0 Å². The third-order valence-corrected chi connectivity index (χ3v) is 6.49. The van der Waals surface area contributed by atoms with Crippen LogP contribution < -0.4 is 5.32 Å². The second kappa shape index (κ2) is 9.09. The molecule has 1 unspecified atom stereocenters. The first-order valence-corrected chi connectivity index (χ1v) is 10.9. The number of thiophene rings is 1. The highest BCUT2D eigenvalue weighted by Gasteiger charge is 2.28. The highest BCUT2D eigenvalue weighted by atomic mass is 32.1. The van der Waals surface area contributed by atoms with Gasteiger partial charge >= 0.3 is 5.97 Å². The predicted octanol–water partition coefficient (Wildman–Crippen LogP) is 5.44. The molecule has 1 aromatic heterocycles. The SMILES string of the molecule is O=C(c1ccccc1)c1c(NC(/C=C/c2ccccc2)C(=O)O)sc2c1CCCC2. The van der Waals surface area contributed by atoms with Gasteiger partial charge in [-0.1, -0.05) is 72.8 Å². The number of aliphatic carboxylic acids is 1. The Balaban J connectivity index is 1.69. The van der Waals surface area contributed by atoms with E-state index >= 15 is 0 Å². The smallest absolute Gasteiger partial charge is 0.330 e. The van der Waals surface area contributed by atoms with Crippen LogP contribution in [0.4, 0.5) is 5.00 Å². The predicted molar refractivity (Wildman–Crippen MR) is 121 cm³/mol. The van der Waals surface area contributed by atoms with Gasteiger partial charge in [-0.25, -0.2) is 4.79 Å². The number of hydrogen-bond acceptors (Lipinski definition) is 4. The largest absolute Gasteiger partial charge is 0.479 e. The van der Waals surface area contributed by atoms with Crippen LogP contribution in [0.1, 0.15) is 44.8 Å². The van der Waals surface area contributed by atoms with Gasteiger partial charge in [0.05, 0.1) is 5.56 Å². The van der Waals surface area contributed by atoms with Crippen molar-refractivity contribution in [2.75, 3.05) is 5.32 Å². The number of nitrogens with one attached hydrogen (secondary N) is 1. The number of aryl methyl sites for hydroxylation is 1. The standard InChI is InChI=1S/C25H23NO3S/c27-23(18-11-5-2-6-12-18)22-19-13-7-8-14-21(19)30-24(22)26-20(25(28)29)16-15-17-9-3-1-4-10-17/h1-6,9-12,15-16,20,26H,7-8,13-14H2,(H,28,29)/b16-15+. The number of carboxylic acid groups (broad SMARTS) is 1. The van der Waals surface area contributed by atoms with Gasteiger partial charge in [0.1, 0.15) is 11.0 Å². The number of hydrogen-bond donors (Lipinski definition) is 2. The lowest BCUT2D eigenvalue weighted by Gasteiger charge is -2.14. The Morgan fingerprint density at radius 3 is 2.33 bits per heavy atom. The molecule has 0 saturated carbocycles. The molecular formula is C25H23NO3S. The van der Waals surface area contributed by atoms with Gasteiger partial charge in [0, 0.05) is 10.4 Å². The number of benzene rings is 2. The number of carbonyl (C=O) groups excluding carboxylic acids is 1. The first-order valence-electron chi connectivity index (χ1n) is 10.1. The molecule has 4 rings (SSSR count). The molecule has 1 atom stereocenters. The maximum absolute atomic E-state index is 13.3. The highest BCUT2D eigenvalue weighted by Crippen LogP contribution is 2.39. The average molecular weight is 418 g/mol. The van der Waals surface area contributed by atoms with Crippen molar-refractivity contribution in [2.24, 2.45) is 0 Å². The van der Waals surface area contributed by atoms with Gasteiger partial charge in [-0.05, 0) is 36.8 Å². The summed E-state index contributed by atoms with van der Waals surface area (Å²) in [5, 5.41) is 13.6. The van der Waals surface area contributed by atoms with E-state index in [2.05, 4.69) is 5.32 Å².